The number of ether oxygens (including phenoxy) is 3. The zero-order valence-electron chi connectivity index (χ0n) is 22.1. The van der Waals surface area contributed by atoms with Gasteiger partial charge in [-0.2, -0.15) is 0 Å². The van der Waals surface area contributed by atoms with Crippen LogP contribution in [0.2, 0.25) is 0 Å². The number of rotatable bonds is 14. The van der Waals surface area contributed by atoms with Crippen LogP contribution in [0.5, 0.6) is 5.75 Å². The van der Waals surface area contributed by atoms with Crippen LogP contribution in [0.25, 0.3) is 9.53 Å². The molecule has 0 saturated heterocycles. The Kier molecular flexibility index (Phi) is 10.4. The summed E-state index contributed by atoms with van der Waals surface area (Å²) in [6.45, 7) is 10.2. The van der Waals surface area contributed by atoms with Crippen molar-refractivity contribution in [3.05, 3.63) is 79.9 Å². The molecule has 0 atom stereocenters. The highest BCUT2D eigenvalue weighted by molar-refractivity contribution is 7.30. The molecule has 0 aliphatic carbocycles. The van der Waals surface area contributed by atoms with Crippen LogP contribution in [-0.2, 0) is 19.1 Å². The molecule has 0 aliphatic heterocycles. The molecule has 13 heteroatoms. The smallest absolute Gasteiger partial charge is 0.333 e. The summed E-state index contributed by atoms with van der Waals surface area (Å²) in [5.74, 6) is -0.448. The third kappa shape index (κ3) is 8.62. The second-order valence-corrected chi connectivity index (χ2v) is 10.1. The summed E-state index contributed by atoms with van der Waals surface area (Å²) in [5.41, 5.74) is 2.34. The van der Waals surface area contributed by atoms with Crippen molar-refractivity contribution in [1.82, 2.24) is 4.98 Å². The Hall–Kier alpha value is -4.75. The maximum Gasteiger partial charge on any atom is 0.333 e. The molecule has 41 heavy (non-hydrogen) atoms. The van der Waals surface area contributed by atoms with Crippen molar-refractivity contribution >= 4 is 71.3 Å². The van der Waals surface area contributed by atoms with E-state index in [9.17, 15) is 9.59 Å². The van der Waals surface area contributed by atoms with Crippen molar-refractivity contribution in [3.63, 3.8) is 0 Å². The number of fused-ring (bicyclic) bond motifs is 1. The first kappa shape index (κ1) is 29.2. The number of azo groups is 2. The number of carbonyl (C=O) groups is 2. The van der Waals surface area contributed by atoms with Gasteiger partial charge in [-0.25, -0.2) is 14.6 Å². The van der Waals surface area contributed by atoms with Crippen molar-refractivity contribution in [1.29, 1.82) is 0 Å². The predicted molar refractivity (Wildman–Crippen MR) is 160 cm³/mol. The van der Waals surface area contributed by atoms with Gasteiger partial charge in [-0.1, -0.05) is 35.8 Å². The molecule has 0 radical (unpaired) electrons. The van der Waals surface area contributed by atoms with Gasteiger partial charge in [0.25, 0.3) is 0 Å². The van der Waals surface area contributed by atoms with E-state index in [-0.39, 0.29) is 13.4 Å². The van der Waals surface area contributed by atoms with Gasteiger partial charge in [0.2, 0.25) is 11.9 Å². The van der Waals surface area contributed by atoms with E-state index in [1.165, 1.54) is 22.7 Å². The third-order valence-corrected chi connectivity index (χ3v) is 7.31. The van der Waals surface area contributed by atoms with Crippen LogP contribution >= 0.6 is 22.7 Å². The highest BCUT2D eigenvalue weighted by Gasteiger charge is 2.09. The van der Waals surface area contributed by atoms with Crippen molar-refractivity contribution in [2.45, 2.75) is 6.92 Å². The highest BCUT2D eigenvalue weighted by atomic mass is 32.1. The molecule has 4 rings (SSSR count). The quantitative estimate of drug-likeness (QED) is 0.0634. The molecule has 0 amide bonds. The summed E-state index contributed by atoms with van der Waals surface area (Å²) < 4.78 is 16.1. The van der Waals surface area contributed by atoms with Crippen LogP contribution in [0.15, 0.2) is 100 Å². The summed E-state index contributed by atoms with van der Waals surface area (Å²) in [7, 11) is 0. The number of anilines is 1. The van der Waals surface area contributed by atoms with E-state index >= 15 is 0 Å². The van der Waals surface area contributed by atoms with E-state index in [0.717, 1.165) is 33.9 Å². The zero-order valence-corrected chi connectivity index (χ0v) is 23.8. The third-order valence-electron chi connectivity index (χ3n) is 5.38. The number of aromatic nitrogens is 1. The standard InChI is InChI=1S/C28H26N6O5S2/c1-4-25(35)37-16-15-34(6-3)21-11-7-19(8-12-21)31-33-28-29-27-23(40-28)17-24(41-27)32-30-20-9-13-22(14-10-20)38-18-39-26(36)5-2/h4-5,7-14,17H,1-2,6,15-16,18H2,3H3. The molecule has 4 aromatic rings. The number of thiophene rings is 1. The largest absolute Gasteiger partial charge is 0.461 e. The van der Waals surface area contributed by atoms with E-state index in [2.05, 4.69) is 43.5 Å². The lowest BCUT2D eigenvalue weighted by Gasteiger charge is -2.22. The number of likely N-dealkylation sites (N-methyl/N-ethyl adjacent to an activating group) is 1. The number of benzene rings is 2. The molecule has 0 spiro atoms. The molecule has 210 valence electrons. The normalized spacial score (nSPS) is 11.1. The first-order valence-electron chi connectivity index (χ1n) is 12.4. The van der Waals surface area contributed by atoms with Gasteiger partial charge in [-0.3, -0.25) is 0 Å². The van der Waals surface area contributed by atoms with Crippen LogP contribution in [0.1, 0.15) is 6.92 Å². The minimum atomic E-state index is -0.552. The lowest BCUT2D eigenvalue weighted by molar-refractivity contribution is -0.144. The van der Waals surface area contributed by atoms with E-state index < -0.39 is 11.9 Å². The second kappa shape index (κ2) is 14.6. The van der Waals surface area contributed by atoms with E-state index in [1.807, 2.05) is 37.3 Å². The Labute approximate surface area is 244 Å². The fraction of sp³-hybridized carbons (Fsp3) is 0.179. The topological polar surface area (TPSA) is 127 Å². The van der Waals surface area contributed by atoms with Gasteiger partial charge in [0.05, 0.1) is 22.6 Å². The molecule has 0 saturated carbocycles. The van der Waals surface area contributed by atoms with Crippen LogP contribution < -0.4 is 9.64 Å². The summed E-state index contributed by atoms with van der Waals surface area (Å²) in [6.07, 6.45) is 2.22. The Bertz CT molecular complexity index is 1530. The summed E-state index contributed by atoms with van der Waals surface area (Å²) in [4.78, 5) is 29.7. The maximum absolute atomic E-state index is 11.2. The van der Waals surface area contributed by atoms with E-state index in [0.29, 0.717) is 33.8 Å². The Morgan fingerprint density at radius 1 is 0.902 bits per heavy atom. The average Bonchev–Trinajstić information content (AvgIpc) is 3.56. The molecule has 0 aliphatic rings. The molecule has 0 bridgehead atoms. The van der Waals surface area contributed by atoms with Crippen LogP contribution in [-0.4, -0.2) is 43.4 Å². The molecular formula is C28H26N6O5S2. The number of carbonyl (C=O) groups excluding carboxylic acids is 2. The van der Waals surface area contributed by atoms with E-state index in [1.54, 1.807) is 24.3 Å². The first-order chi connectivity index (χ1) is 20.0. The van der Waals surface area contributed by atoms with Crippen molar-refractivity contribution in [2.75, 3.05) is 31.4 Å². The monoisotopic (exact) mass is 590 g/mol. The molecular weight excluding hydrogens is 564 g/mol. The number of thiazole rings is 1. The maximum atomic E-state index is 11.2. The minimum Gasteiger partial charge on any atom is -0.461 e. The van der Waals surface area contributed by atoms with Crippen LogP contribution in [0, 0.1) is 0 Å². The Morgan fingerprint density at radius 2 is 1.56 bits per heavy atom. The molecule has 0 fully saturated rings. The van der Waals surface area contributed by atoms with Gasteiger partial charge in [0.1, 0.15) is 22.2 Å². The predicted octanol–water partition coefficient (Wildman–Crippen LogP) is 7.81. The molecule has 2 aromatic carbocycles. The number of hydrogen-bond acceptors (Lipinski definition) is 13. The summed E-state index contributed by atoms with van der Waals surface area (Å²) in [5, 5.41) is 18.4. The van der Waals surface area contributed by atoms with Crippen LogP contribution in [0.3, 0.4) is 0 Å². The molecule has 11 nitrogen and oxygen atoms in total. The zero-order chi connectivity index (χ0) is 29.0. The summed E-state index contributed by atoms with van der Waals surface area (Å²) in [6, 6.07) is 16.5. The fourth-order valence-electron chi connectivity index (χ4n) is 3.35. The van der Waals surface area contributed by atoms with Crippen molar-refractivity contribution < 1.29 is 23.8 Å². The average molecular weight is 591 g/mol. The van der Waals surface area contributed by atoms with E-state index in [4.69, 9.17) is 14.2 Å². The summed E-state index contributed by atoms with van der Waals surface area (Å²) >= 11 is 2.83. The van der Waals surface area contributed by atoms with Gasteiger partial charge in [-0.15, -0.1) is 20.5 Å². The van der Waals surface area contributed by atoms with Crippen LogP contribution in [0.4, 0.5) is 27.2 Å². The fourth-order valence-corrected chi connectivity index (χ4v) is 5.20. The van der Waals surface area contributed by atoms with Gasteiger partial charge in [0, 0.05) is 24.4 Å². The minimum absolute atomic E-state index is 0.200. The van der Waals surface area contributed by atoms with Gasteiger partial charge in [-0.05, 0) is 61.5 Å². The number of esters is 2. The first-order valence-corrected chi connectivity index (χ1v) is 14.0. The SMILES string of the molecule is C=CC(=O)OCCN(CC)c1ccc(N=Nc2nc3sc(N=Nc4ccc(OCOC(=O)C=C)cc4)cc3s2)cc1. The molecule has 2 heterocycles. The second-order valence-electron chi connectivity index (χ2n) is 8.04. The van der Waals surface area contributed by atoms with Gasteiger partial charge in [0.15, 0.2) is 0 Å². The lowest BCUT2D eigenvalue weighted by Crippen LogP contribution is -2.27. The molecule has 0 unspecified atom stereocenters. The van der Waals surface area contributed by atoms with Crippen molar-refractivity contribution in [3.8, 4) is 5.75 Å². The van der Waals surface area contributed by atoms with Gasteiger partial charge < -0.3 is 19.1 Å². The number of nitrogens with zero attached hydrogens (tertiary/aromatic N) is 6. The Morgan fingerprint density at radius 3 is 2.22 bits per heavy atom. The van der Waals surface area contributed by atoms with Gasteiger partial charge >= 0.3 is 11.9 Å². The Balaban J connectivity index is 1.30. The molecule has 2 aromatic heterocycles. The van der Waals surface area contributed by atoms with Crippen molar-refractivity contribution in [2.24, 2.45) is 20.5 Å². The highest BCUT2D eigenvalue weighted by Crippen LogP contribution is 2.39. The lowest BCUT2D eigenvalue weighted by atomic mass is 10.2. The number of hydrogen-bond donors (Lipinski definition) is 0. The molecule has 0 N–H and O–H groups in total.